The Bertz CT molecular complexity index is 939. The van der Waals surface area contributed by atoms with Crippen LogP contribution in [-0.2, 0) is 16.0 Å². The molecule has 0 bridgehead atoms. The molecule has 244 valence electrons. The van der Waals surface area contributed by atoms with Crippen LogP contribution in [0.25, 0.3) is 0 Å². The predicted octanol–water partition coefficient (Wildman–Crippen LogP) is 9.44. The Balaban J connectivity index is 0. The topological polar surface area (TPSA) is 75.3 Å². The van der Waals surface area contributed by atoms with Crippen molar-refractivity contribution in [2.45, 2.75) is 109 Å². The summed E-state index contributed by atoms with van der Waals surface area (Å²) >= 11 is 0. The average molecular weight is 651 g/mol. The van der Waals surface area contributed by atoms with Gasteiger partial charge in [-0.3, -0.25) is 14.4 Å². The lowest BCUT2D eigenvalue weighted by Gasteiger charge is -2.06. The van der Waals surface area contributed by atoms with Crippen molar-refractivity contribution in [3.8, 4) is 0 Å². The molecule has 0 heterocycles. The first-order valence-corrected chi connectivity index (χ1v) is 19.1. The van der Waals surface area contributed by atoms with Crippen molar-refractivity contribution >= 4 is 48.8 Å². The standard InChI is InChI=1S/C16H32N2O2.C15H14OS2.C3H8.CH5P/c1-14(2)15(19)10-6-7-11-16(20)18-13-9-5-4-8-12-17-3;1-2-12-3-7-14(8-4-12)17-18-15-9-5-13(11-16)6-10-15;1-3-2;1-2/h14,17H,4-13H2,1-3H3,(H,18,20);3-11H,2H2,1H3;3H2,1-2H3;2H2,1H3. The van der Waals surface area contributed by atoms with Crippen LogP contribution in [0.4, 0.5) is 0 Å². The fourth-order valence-electron chi connectivity index (χ4n) is 3.45. The van der Waals surface area contributed by atoms with E-state index in [0.717, 1.165) is 55.5 Å². The maximum Gasteiger partial charge on any atom is 0.219 e. The van der Waals surface area contributed by atoms with Gasteiger partial charge in [-0.2, -0.15) is 0 Å². The molecule has 0 radical (unpaired) electrons. The molecule has 8 heteroatoms. The molecule has 1 atom stereocenters. The Morgan fingerprint density at radius 1 is 0.767 bits per heavy atom. The Kier molecular flexibility index (Phi) is 32.1. The second-order valence-electron chi connectivity index (χ2n) is 10.3. The fraction of sp³-hybridized carbons (Fsp3) is 0.571. The molecule has 0 saturated carbocycles. The lowest BCUT2D eigenvalue weighted by molar-refractivity contribution is -0.123. The maximum absolute atomic E-state index is 11.6. The molecule has 2 aromatic carbocycles. The highest BCUT2D eigenvalue weighted by Gasteiger charge is 2.07. The number of amides is 1. The van der Waals surface area contributed by atoms with Gasteiger partial charge in [0, 0.05) is 40.7 Å². The lowest BCUT2D eigenvalue weighted by Crippen LogP contribution is -2.24. The van der Waals surface area contributed by atoms with Crippen LogP contribution in [0.3, 0.4) is 0 Å². The molecule has 0 spiro atoms. The number of benzene rings is 2. The van der Waals surface area contributed by atoms with Gasteiger partial charge in [0.25, 0.3) is 0 Å². The van der Waals surface area contributed by atoms with E-state index in [1.54, 1.807) is 21.6 Å². The maximum atomic E-state index is 11.6. The largest absolute Gasteiger partial charge is 0.356 e. The first-order chi connectivity index (χ1) is 20.8. The van der Waals surface area contributed by atoms with E-state index in [9.17, 15) is 14.4 Å². The second-order valence-corrected chi connectivity index (χ2v) is 12.5. The number of Topliss-reactive ketones (excluding diaryl/α,β-unsaturated/α-hetero) is 1. The van der Waals surface area contributed by atoms with E-state index < -0.39 is 0 Å². The van der Waals surface area contributed by atoms with Gasteiger partial charge >= 0.3 is 0 Å². The van der Waals surface area contributed by atoms with E-state index in [-0.39, 0.29) is 11.8 Å². The zero-order chi connectivity index (χ0) is 32.7. The quantitative estimate of drug-likeness (QED) is 0.0725. The van der Waals surface area contributed by atoms with E-state index in [1.165, 1.54) is 36.1 Å². The Morgan fingerprint density at radius 3 is 1.72 bits per heavy atom. The smallest absolute Gasteiger partial charge is 0.219 e. The number of nitrogens with one attached hydrogen (secondary N) is 2. The van der Waals surface area contributed by atoms with Crippen LogP contribution in [0.15, 0.2) is 58.3 Å². The summed E-state index contributed by atoms with van der Waals surface area (Å²) in [6.07, 6.45) is 10.6. The molecular formula is C35H59N2O3PS2. The molecule has 0 fully saturated rings. The SMILES string of the molecule is CCC.CCc1ccc(SSc2ccc(C=O)cc2)cc1.CNCCCCCCNC(=O)CCCCC(=O)C(C)C.CP. The molecule has 43 heavy (non-hydrogen) atoms. The van der Waals surface area contributed by atoms with Crippen molar-refractivity contribution in [1.29, 1.82) is 0 Å². The number of carbonyl (C=O) groups is 3. The van der Waals surface area contributed by atoms with Crippen molar-refractivity contribution < 1.29 is 14.4 Å². The summed E-state index contributed by atoms with van der Waals surface area (Å²) in [5, 5.41) is 6.07. The Labute approximate surface area is 273 Å². The Hall–Kier alpha value is -1.66. The molecule has 1 unspecified atom stereocenters. The van der Waals surface area contributed by atoms with Crippen LogP contribution in [0.2, 0.25) is 0 Å². The van der Waals surface area contributed by atoms with Crippen molar-refractivity contribution in [3.05, 3.63) is 59.7 Å². The number of hydrogen-bond acceptors (Lipinski definition) is 6. The normalized spacial score (nSPS) is 9.88. The zero-order valence-electron chi connectivity index (χ0n) is 27.9. The minimum Gasteiger partial charge on any atom is -0.356 e. The molecule has 2 aromatic rings. The van der Waals surface area contributed by atoms with Crippen LogP contribution in [-0.4, -0.2) is 44.8 Å². The minimum absolute atomic E-state index is 0.117. The number of aldehydes is 1. The summed E-state index contributed by atoms with van der Waals surface area (Å²) in [5.41, 5.74) is 2.08. The molecule has 0 aromatic heterocycles. The molecule has 0 aliphatic rings. The third-order valence-corrected chi connectivity index (χ3v) is 8.40. The molecule has 2 rings (SSSR count). The molecule has 5 nitrogen and oxygen atoms in total. The van der Waals surface area contributed by atoms with E-state index in [1.807, 2.05) is 51.8 Å². The number of carbonyl (C=O) groups excluding carboxylic acids is 3. The van der Waals surface area contributed by atoms with Crippen LogP contribution in [0.5, 0.6) is 0 Å². The first-order valence-electron chi connectivity index (χ1n) is 15.8. The van der Waals surface area contributed by atoms with Crippen LogP contribution < -0.4 is 10.6 Å². The zero-order valence-corrected chi connectivity index (χ0v) is 30.7. The van der Waals surface area contributed by atoms with Gasteiger partial charge in [0.05, 0.1) is 0 Å². The molecule has 0 saturated heterocycles. The number of ketones is 1. The van der Waals surface area contributed by atoms with Gasteiger partial charge in [-0.05, 0) is 75.5 Å². The van der Waals surface area contributed by atoms with Gasteiger partial charge in [-0.15, -0.1) is 9.24 Å². The number of rotatable bonds is 18. The van der Waals surface area contributed by atoms with E-state index >= 15 is 0 Å². The van der Waals surface area contributed by atoms with Gasteiger partial charge in [-0.25, -0.2) is 0 Å². The second kappa shape index (κ2) is 31.8. The van der Waals surface area contributed by atoms with Gasteiger partial charge < -0.3 is 10.6 Å². The number of aryl methyl sites for hydroxylation is 1. The van der Waals surface area contributed by atoms with E-state index in [4.69, 9.17) is 0 Å². The first kappa shape index (κ1) is 43.5. The minimum atomic E-state index is 0.117. The number of unbranched alkanes of at least 4 members (excludes halogenated alkanes) is 4. The highest BCUT2D eigenvalue weighted by molar-refractivity contribution is 8.76. The average Bonchev–Trinajstić information content (AvgIpc) is 3.03. The van der Waals surface area contributed by atoms with Crippen LogP contribution >= 0.6 is 30.8 Å². The van der Waals surface area contributed by atoms with Gasteiger partial charge in [0.2, 0.25) is 5.91 Å². The van der Waals surface area contributed by atoms with Crippen LogP contribution in [0.1, 0.15) is 108 Å². The highest BCUT2D eigenvalue weighted by atomic mass is 33.1. The van der Waals surface area contributed by atoms with Gasteiger partial charge in [0.1, 0.15) is 12.1 Å². The lowest BCUT2D eigenvalue weighted by atomic mass is 10.0. The summed E-state index contributed by atoms with van der Waals surface area (Å²) in [7, 11) is 7.83. The van der Waals surface area contributed by atoms with Gasteiger partial charge in [0.15, 0.2) is 0 Å². The summed E-state index contributed by atoms with van der Waals surface area (Å²) in [4.78, 5) is 35.9. The highest BCUT2D eigenvalue weighted by Crippen LogP contribution is 2.37. The van der Waals surface area contributed by atoms with Crippen molar-refractivity contribution in [2.24, 2.45) is 5.92 Å². The van der Waals surface area contributed by atoms with E-state index in [2.05, 4.69) is 64.9 Å². The predicted molar refractivity (Wildman–Crippen MR) is 195 cm³/mol. The summed E-state index contributed by atoms with van der Waals surface area (Å²) in [5.74, 6) is 0.538. The number of hydrogen-bond donors (Lipinski definition) is 2. The van der Waals surface area contributed by atoms with Crippen molar-refractivity contribution in [2.75, 3.05) is 26.8 Å². The molecule has 2 N–H and O–H groups in total. The van der Waals surface area contributed by atoms with Gasteiger partial charge in [-0.1, -0.05) is 106 Å². The monoisotopic (exact) mass is 650 g/mol. The third-order valence-electron chi connectivity index (χ3n) is 5.98. The third kappa shape index (κ3) is 26.5. The summed E-state index contributed by atoms with van der Waals surface area (Å²) < 4.78 is 0. The van der Waals surface area contributed by atoms with Crippen molar-refractivity contribution in [1.82, 2.24) is 10.6 Å². The summed E-state index contributed by atoms with van der Waals surface area (Å²) in [6, 6.07) is 16.3. The molecular weight excluding hydrogens is 592 g/mol. The summed E-state index contributed by atoms with van der Waals surface area (Å²) in [6.45, 7) is 14.0. The van der Waals surface area contributed by atoms with Crippen molar-refractivity contribution in [3.63, 3.8) is 0 Å². The van der Waals surface area contributed by atoms with Crippen LogP contribution in [0, 0.1) is 5.92 Å². The van der Waals surface area contributed by atoms with E-state index in [0.29, 0.717) is 18.6 Å². The molecule has 1 amide bonds. The molecule has 0 aliphatic carbocycles. The molecule has 0 aliphatic heterocycles. The Morgan fingerprint density at radius 2 is 1.26 bits per heavy atom. The fourth-order valence-corrected chi connectivity index (χ4v) is 5.38.